The number of hydrogen-bond acceptors (Lipinski definition) is 4. The molecule has 0 spiro atoms. The molecule has 3 atom stereocenters. The minimum atomic E-state index is -0.690. The Labute approximate surface area is 103 Å². The molecule has 0 aliphatic heterocycles. The van der Waals surface area contributed by atoms with Gasteiger partial charge in [0.1, 0.15) is 12.7 Å². The summed E-state index contributed by atoms with van der Waals surface area (Å²) in [5, 5.41) is 8.56. The van der Waals surface area contributed by atoms with Crippen molar-refractivity contribution >= 4 is 6.16 Å². The number of hydrogen-bond donors (Lipinski definition) is 1. The van der Waals surface area contributed by atoms with Crippen LogP contribution in [0.4, 0.5) is 4.79 Å². The lowest BCUT2D eigenvalue weighted by atomic mass is 9.78. The largest absolute Gasteiger partial charge is 0.508 e. The smallest absolute Gasteiger partial charge is 0.432 e. The van der Waals surface area contributed by atoms with Gasteiger partial charge in [-0.2, -0.15) is 0 Å². The van der Waals surface area contributed by atoms with Crippen LogP contribution in [0.5, 0.6) is 0 Å². The third-order valence-electron chi connectivity index (χ3n) is 3.25. The normalized spacial score (nSPS) is 28.5. The highest BCUT2D eigenvalue weighted by molar-refractivity contribution is 5.60. The van der Waals surface area contributed by atoms with Gasteiger partial charge in [-0.25, -0.2) is 4.79 Å². The standard InChI is InChI=1S/C13H22O4/c1-9(2)11-5-4-10(3)8-12(11)17-13(15)16-7-6-14/h10-12,14H,1,4-8H2,2-3H3. The number of ether oxygens (including phenoxy) is 2. The molecule has 1 fully saturated rings. The van der Waals surface area contributed by atoms with Gasteiger partial charge in [-0.05, 0) is 32.1 Å². The summed E-state index contributed by atoms with van der Waals surface area (Å²) in [6.45, 7) is 7.88. The summed E-state index contributed by atoms with van der Waals surface area (Å²) in [5.41, 5.74) is 1.05. The average molecular weight is 242 g/mol. The molecule has 0 saturated heterocycles. The van der Waals surface area contributed by atoms with E-state index in [0.717, 1.165) is 24.8 Å². The van der Waals surface area contributed by atoms with Crippen molar-refractivity contribution in [3.05, 3.63) is 12.2 Å². The van der Waals surface area contributed by atoms with Crippen LogP contribution in [-0.4, -0.2) is 30.6 Å². The second-order valence-corrected chi connectivity index (χ2v) is 4.85. The lowest BCUT2D eigenvalue weighted by Gasteiger charge is -2.34. The van der Waals surface area contributed by atoms with Gasteiger partial charge in [0.25, 0.3) is 0 Å². The zero-order chi connectivity index (χ0) is 12.8. The number of carbonyl (C=O) groups excluding carboxylic acids is 1. The molecule has 0 aromatic carbocycles. The van der Waals surface area contributed by atoms with E-state index in [0.29, 0.717) is 5.92 Å². The molecule has 4 nitrogen and oxygen atoms in total. The van der Waals surface area contributed by atoms with Gasteiger partial charge >= 0.3 is 6.16 Å². The van der Waals surface area contributed by atoms with E-state index < -0.39 is 6.16 Å². The zero-order valence-electron chi connectivity index (χ0n) is 10.6. The number of aliphatic hydroxyl groups excluding tert-OH is 1. The van der Waals surface area contributed by atoms with E-state index in [-0.39, 0.29) is 25.2 Å². The summed E-state index contributed by atoms with van der Waals surface area (Å²) in [6, 6.07) is 0. The summed E-state index contributed by atoms with van der Waals surface area (Å²) < 4.78 is 10.0. The third kappa shape index (κ3) is 4.38. The summed E-state index contributed by atoms with van der Waals surface area (Å²) in [5.74, 6) is 0.786. The summed E-state index contributed by atoms with van der Waals surface area (Å²) in [6.07, 6.45) is 2.18. The first-order valence-electron chi connectivity index (χ1n) is 6.14. The second kappa shape index (κ2) is 6.64. The molecular formula is C13H22O4. The van der Waals surface area contributed by atoms with Crippen molar-refractivity contribution in [2.75, 3.05) is 13.2 Å². The van der Waals surface area contributed by atoms with E-state index in [1.165, 1.54) is 0 Å². The molecule has 0 bridgehead atoms. The van der Waals surface area contributed by atoms with Crippen LogP contribution in [-0.2, 0) is 9.47 Å². The van der Waals surface area contributed by atoms with Gasteiger partial charge in [0.2, 0.25) is 0 Å². The predicted octanol–water partition coefficient (Wildman–Crippen LogP) is 2.51. The van der Waals surface area contributed by atoms with Gasteiger partial charge < -0.3 is 14.6 Å². The Hall–Kier alpha value is -1.03. The number of carbonyl (C=O) groups is 1. The van der Waals surface area contributed by atoms with Crippen molar-refractivity contribution in [1.82, 2.24) is 0 Å². The fourth-order valence-electron chi connectivity index (χ4n) is 2.31. The Balaban J connectivity index is 2.51. The monoisotopic (exact) mass is 242 g/mol. The summed E-state index contributed by atoms with van der Waals surface area (Å²) in [7, 11) is 0. The lowest BCUT2D eigenvalue weighted by molar-refractivity contribution is -0.0177. The van der Waals surface area contributed by atoms with Crippen LogP contribution in [0.1, 0.15) is 33.1 Å². The number of rotatable bonds is 4. The van der Waals surface area contributed by atoms with Crippen molar-refractivity contribution in [3.63, 3.8) is 0 Å². The highest BCUT2D eigenvalue weighted by Crippen LogP contribution is 2.34. The maximum Gasteiger partial charge on any atom is 0.508 e. The van der Waals surface area contributed by atoms with Crippen LogP contribution in [0.3, 0.4) is 0 Å². The van der Waals surface area contributed by atoms with Gasteiger partial charge in [-0.1, -0.05) is 19.1 Å². The first-order valence-corrected chi connectivity index (χ1v) is 6.14. The molecule has 98 valence electrons. The molecule has 0 aromatic rings. The number of aliphatic hydroxyl groups is 1. The highest BCUT2D eigenvalue weighted by atomic mass is 16.7. The van der Waals surface area contributed by atoms with E-state index in [4.69, 9.17) is 14.6 Å². The lowest BCUT2D eigenvalue weighted by Crippen LogP contribution is -2.34. The molecule has 0 heterocycles. The third-order valence-corrected chi connectivity index (χ3v) is 3.25. The summed E-state index contributed by atoms with van der Waals surface area (Å²) in [4.78, 5) is 11.4. The molecule has 1 aliphatic rings. The first-order chi connectivity index (χ1) is 8.04. The molecule has 0 aromatic heterocycles. The SMILES string of the molecule is C=C(C)C1CCC(C)CC1OC(=O)OCCO. The van der Waals surface area contributed by atoms with Crippen molar-refractivity contribution in [3.8, 4) is 0 Å². The predicted molar refractivity (Wildman–Crippen MR) is 64.6 cm³/mol. The molecule has 0 radical (unpaired) electrons. The molecule has 1 N–H and O–H groups in total. The Morgan fingerprint density at radius 3 is 2.76 bits per heavy atom. The van der Waals surface area contributed by atoms with Crippen molar-refractivity contribution in [2.24, 2.45) is 11.8 Å². The molecule has 17 heavy (non-hydrogen) atoms. The molecule has 1 aliphatic carbocycles. The average Bonchev–Trinajstić information content (AvgIpc) is 2.26. The van der Waals surface area contributed by atoms with Gasteiger partial charge in [0.15, 0.2) is 0 Å². The Bertz CT molecular complexity index is 275. The van der Waals surface area contributed by atoms with Gasteiger partial charge in [0, 0.05) is 5.92 Å². The van der Waals surface area contributed by atoms with Gasteiger partial charge in [0.05, 0.1) is 6.61 Å². The Morgan fingerprint density at radius 2 is 2.18 bits per heavy atom. The molecule has 3 unspecified atom stereocenters. The fraction of sp³-hybridized carbons (Fsp3) is 0.769. The van der Waals surface area contributed by atoms with Crippen LogP contribution in [0, 0.1) is 11.8 Å². The molecule has 1 rings (SSSR count). The van der Waals surface area contributed by atoms with Crippen LogP contribution < -0.4 is 0 Å². The Morgan fingerprint density at radius 1 is 1.47 bits per heavy atom. The van der Waals surface area contributed by atoms with Crippen molar-refractivity contribution in [2.45, 2.75) is 39.2 Å². The second-order valence-electron chi connectivity index (χ2n) is 4.85. The molecule has 1 saturated carbocycles. The van der Waals surface area contributed by atoms with Crippen LogP contribution in [0.15, 0.2) is 12.2 Å². The zero-order valence-corrected chi connectivity index (χ0v) is 10.6. The van der Waals surface area contributed by atoms with E-state index in [9.17, 15) is 4.79 Å². The van der Waals surface area contributed by atoms with E-state index in [1.807, 2.05) is 6.92 Å². The van der Waals surface area contributed by atoms with Crippen molar-refractivity contribution in [1.29, 1.82) is 0 Å². The van der Waals surface area contributed by atoms with E-state index >= 15 is 0 Å². The molecule has 0 amide bonds. The summed E-state index contributed by atoms with van der Waals surface area (Å²) >= 11 is 0. The minimum absolute atomic E-state index is 0.0150. The molecule has 4 heteroatoms. The van der Waals surface area contributed by atoms with E-state index in [1.54, 1.807) is 0 Å². The Kier molecular flexibility index (Phi) is 5.48. The van der Waals surface area contributed by atoms with E-state index in [2.05, 4.69) is 13.5 Å². The minimum Gasteiger partial charge on any atom is -0.432 e. The topological polar surface area (TPSA) is 55.8 Å². The van der Waals surface area contributed by atoms with Crippen LogP contribution in [0.25, 0.3) is 0 Å². The maximum absolute atomic E-state index is 11.4. The first kappa shape index (κ1) is 14.0. The maximum atomic E-state index is 11.4. The highest BCUT2D eigenvalue weighted by Gasteiger charge is 2.32. The van der Waals surface area contributed by atoms with Gasteiger partial charge in [-0.15, -0.1) is 0 Å². The van der Waals surface area contributed by atoms with Crippen LogP contribution in [0.2, 0.25) is 0 Å². The fourth-order valence-corrected chi connectivity index (χ4v) is 2.31. The van der Waals surface area contributed by atoms with Crippen molar-refractivity contribution < 1.29 is 19.4 Å². The quantitative estimate of drug-likeness (QED) is 0.608. The molecular weight excluding hydrogens is 220 g/mol. The van der Waals surface area contributed by atoms with Gasteiger partial charge in [-0.3, -0.25) is 0 Å². The van der Waals surface area contributed by atoms with Crippen LogP contribution >= 0.6 is 0 Å².